The molecule has 4 heteroatoms. The third kappa shape index (κ3) is 11.4. The summed E-state index contributed by atoms with van der Waals surface area (Å²) in [5.74, 6) is 1.39. The van der Waals surface area contributed by atoms with E-state index in [1.165, 1.54) is 222 Å². The minimum atomic E-state index is 0.685. The van der Waals surface area contributed by atoms with E-state index in [4.69, 9.17) is 23.2 Å². The highest BCUT2D eigenvalue weighted by Gasteiger charge is 2.36. The van der Waals surface area contributed by atoms with Gasteiger partial charge in [0, 0.05) is 16.6 Å². The summed E-state index contributed by atoms with van der Waals surface area (Å²) in [7, 11) is 0. The highest BCUT2D eigenvalue weighted by atomic mass is 35.5. The molecule has 0 unspecified atom stereocenters. The van der Waals surface area contributed by atoms with Crippen molar-refractivity contribution in [1.82, 2.24) is 9.80 Å². The Morgan fingerprint density at radius 2 is 1.02 bits per heavy atom. The standard InChI is InChI=1S/C25H38ClN.C25H36ClN/c2*26-24-20-21(11-12-23(24)22-9-3-1-4-10-22)8-7-17-27-18-15-25(16-19-27)13-5-2-6-14-25/h11-12,20,22H,1-10,13-19H2;7-8,11-12,20,22H,1-6,9-10,13-19H2. The van der Waals surface area contributed by atoms with Crippen molar-refractivity contribution in [2.45, 2.75) is 179 Å². The van der Waals surface area contributed by atoms with Crippen LogP contribution in [0.25, 0.3) is 6.08 Å². The summed E-state index contributed by atoms with van der Waals surface area (Å²) < 4.78 is 0. The first-order valence-corrected chi connectivity index (χ1v) is 23.9. The number of hydrogen-bond acceptors (Lipinski definition) is 2. The van der Waals surface area contributed by atoms with Gasteiger partial charge in [0.15, 0.2) is 0 Å². The lowest BCUT2D eigenvalue weighted by molar-refractivity contribution is 0.0674. The average Bonchev–Trinajstić information content (AvgIpc) is 3.21. The van der Waals surface area contributed by atoms with Crippen LogP contribution >= 0.6 is 23.2 Å². The maximum absolute atomic E-state index is 6.66. The van der Waals surface area contributed by atoms with Gasteiger partial charge in [-0.15, -0.1) is 0 Å². The first-order valence-electron chi connectivity index (χ1n) is 23.2. The summed E-state index contributed by atoms with van der Waals surface area (Å²) >= 11 is 13.3. The monoisotopic (exact) mass is 773 g/mol. The molecule has 298 valence electrons. The molecule has 0 N–H and O–H groups in total. The van der Waals surface area contributed by atoms with Crippen LogP contribution in [-0.4, -0.2) is 49.1 Å². The molecule has 2 nitrogen and oxygen atoms in total. The van der Waals surface area contributed by atoms with Gasteiger partial charge in [-0.05, 0) is 180 Å². The van der Waals surface area contributed by atoms with Gasteiger partial charge in [0.2, 0.25) is 0 Å². The van der Waals surface area contributed by atoms with Gasteiger partial charge in [0.05, 0.1) is 0 Å². The van der Waals surface area contributed by atoms with Crippen LogP contribution in [0.2, 0.25) is 10.0 Å². The number of piperidine rings is 2. The maximum Gasteiger partial charge on any atom is 0.0446 e. The van der Waals surface area contributed by atoms with E-state index in [2.05, 4.69) is 58.4 Å². The lowest BCUT2D eigenvalue weighted by Crippen LogP contribution is -2.41. The van der Waals surface area contributed by atoms with Crippen molar-refractivity contribution in [3.8, 4) is 0 Å². The van der Waals surface area contributed by atoms with E-state index < -0.39 is 0 Å². The van der Waals surface area contributed by atoms with Gasteiger partial charge >= 0.3 is 0 Å². The van der Waals surface area contributed by atoms with Crippen molar-refractivity contribution in [2.75, 3.05) is 39.3 Å². The molecule has 2 saturated heterocycles. The van der Waals surface area contributed by atoms with Gasteiger partial charge in [-0.3, -0.25) is 4.90 Å². The third-order valence-electron chi connectivity index (χ3n) is 15.5. The lowest BCUT2D eigenvalue weighted by Gasteiger charge is -2.44. The Kier molecular flexibility index (Phi) is 15.4. The van der Waals surface area contributed by atoms with E-state index in [1.54, 1.807) is 0 Å². The summed E-state index contributed by atoms with van der Waals surface area (Å²) in [5.41, 5.74) is 6.91. The molecule has 2 heterocycles. The second kappa shape index (κ2) is 20.4. The Bertz CT molecular complexity index is 1440. The van der Waals surface area contributed by atoms with Crippen LogP contribution in [0.15, 0.2) is 42.5 Å². The number of benzene rings is 2. The molecule has 2 aliphatic heterocycles. The van der Waals surface area contributed by atoms with Gasteiger partial charge in [-0.25, -0.2) is 0 Å². The Labute approximate surface area is 341 Å². The highest BCUT2D eigenvalue weighted by Crippen LogP contribution is 2.46. The molecule has 4 saturated carbocycles. The Morgan fingerprint density at radius 1 is 0.537 bits per heavy atom. The van der Waals surface area contributed by atoms with Crippen LogP contribution < -0.4 is 0 Å². The first kappa shape index (κ1) is 40.9. The fraction of sp³-hybridized carbons (Fsp3) is 0.720. The first-order chi connectivity index (χ1) is 26.5. The molecule has 2 aromatic rings. The summed E-state index contributed by atoms with van der Waals surface area (Å²) in [5, 5.41) is 2.00. The van der Waals surface area contributed by atoms with Crippen molar-refractivity contribution >= 4 is 29.3 Å². The van der Waals surface area contributed by atoms with Crippen LogP contribution in [0, 0.1) is 10.8 Å². The molecule has 8 rings (SSSR count). The van der Waals surface area contributed by atoms with Gasteiger partial charge in [-0.2, -0.15) is 0 Å². The van der Waals surface area contributed by atoms with Crippen LogP contribution in [0.3, 0.4) is 0 Å². The quantitative estimate of drug-likeness (QED) is 0.250. The second-order valence-electron chi connectivity index (χ2n) is 19.1. The minimum Gasteiger partial charge on any atom is -0.303 e. The van der Waals surface area contributed by atoms with Gasteiger partial charge in [0.25, 0.3) is 0 Å². The van der Waals surface area contributed by atoms with E-state index in [-0.39, 0.29) is 0 Å². The molecule has 6 fully saturated rings. The molecule has 2 spiro atoms. The number of hydrogen-bond donors (Lipinski definition) is 0. The number of likely N-dealkylation sites (tertiary alicyclic amines) is 2. The molecular weight excluding hydrogens is 699 g/mol. The predicted molar refractivity (Wildman–Crippen MR) is 234 cm³/mol. The Morgan fingerprint density at radius 3 is 1.54 bits per heavy atom. The fourth-order valence-corrected chi connectivity index (χ4v) is 12.5. The molecule has 2 aromatic carbocycles. The molecule has 4 aliphatic carbocycles. The predicted octanol–water partition coefficient (Wildman–Crippen LogP) is 14.8. The SMILES string of the molecule is Clc1cc(C=CCN2CCC3(CCCCC3)CC2)ccc1C1CCCCC1.Clc1cc(CCCN2CCC3(CCCCC3)CC2)ccc1C1CCCCC1. The maximum atomic E-state index is 6.66. The topological polar surface area (TPSA) is 6.48 Å². The smallest absolute Gasteiger partial charge is 0.0446 e. The van der Waals surface area contributed by atoms with Gasteiger partial charge in [-0.1, -0.05) is 137 Å². The molecule has 6 aliphatic rings. The van der Waals surface area contributed by atoms with Gasteiger partial charge in [0.1, 0.15) is 0 Å². The van der Waals surface area contributed by atoms with Crippen LogP contribution in [-0.2, 0) is 6.42 Å². The zero-order valence-corrected chi connectivity index (χ0v) is 35.6. The van der Waals surface area contributed by atoms with E-state index in [0.29, 0.717) is 17.3 Å². The lowest BCUT2D eigenvalue weighted by atomic mass is 9.68. The largest absolute Gasteiger partial charge is 0.303 e. The number of halogens is 2. The zero-order chi connectivity index (χ0) is 37.1. The van der Waals surface area contributed by atoms with Gasteiger partial charge < -0.3 is 4.90 Å². The van der Waals surface area contributed by atoms with E-state index in [9.17, 15) is 0 Å². The van der Waals surface area contributed by atoms with Crippen molar-refractivity contribution in [3.63, 3.8) is 0 Å². The second-order valence-corrected chi connectivity index (χ2v) is 19.9. The summed E-state index contributed by atoms with van der Waals surface area (Å²) in [6, 6.07) is 13.7. The summed E-state index contributed by atoms with van der Waals surface area (Å²) in [6.07, 6.45) is 41.2. The Hall–Kier alpha value is -1.32. The Balaban J connectivity index is 0.000000167. The average molecular weight is 774 g/mol. The normalized spacial score (nSPS) is 24.5. The van der Waals surface area contributed by atoms with E-state index in [0.717, 1.165) is 22.0 Å². The molecule has 0 aromatic heterocycles. The molecular formula is C50H74Cl2N2. The van der Waals surface area contributed by atoms with Crippen LogP contribution in [0.1, 0.15) is 195 Å². The molecule has 0 bridgehead atoms. The zero-order valence-electron chi connectivity index (χ0n) is 34.1. The minimum absolute atomic E-state index is 0.685. The van der Waals surface area contributed by atoms with Crippen molar-refractivity contribution < 1.29 is 0 Å². The molecule has 0 amide bonds. The third-order valence-corrected chi connectivity index (χ3v) is 16.1. The van der Waals surface area contributed by atoms with Crippen LogP contribution in [0.5, 0.6) is 0 Å². The van der Waals surface area contributed by atoms with E-state index in [1.807, 2.05) is 0 Å². The van der Waals surface area contributed by atoms with E-state index >= 15 is 0 Å². The number of aryl methyl sites for hydroxylation is 1. The van der Waals surface area contributed by atoms with Crippen molar-refractivity contribution in [1.29, 1.82) is 0 Å². The van der Waals surface area contributed by atoms with Crippen molar-refractivity contribution in [3.05, 3.63) is 74.8 Å². The molecule has 0 radical (unpaired) electrons. The fourth-order valence-electron chi connectivity index (χ4n) is 11.8. The number of rotatable bonds is 9. The highest BCUT2D eigenvalue weighted by molar-refractivity contribution is 6.31. The van der Waals surface area contributed by atoms with Crippen LogP contribution in [0.4, 0.5) is 0 Å². The number of nitrogens with zero attached hydrogens (tertiary/aromatic N) is 2. The summed E-state index contributed by atoms with van der Waals surface area (Å²) in [6.45, 7) is 7.58. The summed E-state index contributed by atoms with van der Waals surface area (Å²) in [4.78, 5) is 5.35. The van der Waals surface area contributed by atoms with Crippen molar-refractivity contribution in [2.24, 2.45) is 10.8 Å². The molecule has 0 atom stereocenters. The molecule has 54 heavy (non-hydrogen) atoms.